The second-order valence-electron chi connectivity index (χ2n) is 3.79. The summed E-state index contributed by atoms with van der Waals surface area (Å²) < 4.78 is 26.5. The number of hydrogen-bond acceptors (Lipinski definition) is 1. The van der Waals surface area contributed by atoms with Gasteiger partial charge >= 0.3 is 0 Å². The van der Waals surface area contributed by atoms with Gasteiger partial charge in [-0.15, -0.1) is 0 Å². The Morgan fingerprint density at radius 2 is 2.13 bits per heavy atom. The van der Waals surface area contributed by atoms with Crippen molar-refractivity contribution < 1.29 is 13.6 Å². The average molecular weight is 275 g/mol. The topological polar surface area (TPSA) is 17.1 Å². The highest BCUT2D eigenvalue weighted by atomic mass is 79.9. The molecule has 15 heavy (non-hydrogen) atoms. The number of rotatable bonds is 3. The average Bonchev–Trinajstić information content (AvgIpc) is 2.91. The van der Waals surface area contributed by atoms with Gasteiger partial charge < -0.3 is 4.79 Å². The van der Waals surface area contributed by atoms with Crippen molar-refractivity contribution in [2.45, 2.75) is 17.4 Å². The first kappa shape index (κ1) is 10.7. The van der Waals surface area contributed by atoms with E-state index in [0.29, 0.717) is 11.8 Å². The van der Waals surface area contributed by atoms with E-state index >= 15 is 0 Å². The Kier molecular flexibility index (Phi) is 2.63. The molecule has 0 aromatic heterocycles. The minimum atomic E-state index is -1.17. The van der Waals surface area contributed by atoms with Gasteiger partial charge in [0.15, 0.2) is 0 Å². The van der Waals surface area contributed by atoms with Crippen molar-refractivity contribution in [3.05, 3.63) is 35.6 Å². The summed E-state index contributed by atoms with van der Waals surface area (Å²) in [5, 5.41) is 0. The van der Waals surface area contributed by atoms with Crippen molar-refractivity contribution in [2.24, 2.45) is 5.41 Å². The fourth-order valence-corrected chi connectivity index (χ4v) is 2.62. The van der Waals surface area contributed by atoms with Crippen LogP contribution in [0, 0.1) is 11.2 Å². The molecule has 1 aromatic carbocycles. The second-order valence-corrected chi connectivity index (χ2v) is 4.70. The molecular weight excluding hydrogens is 266 g/mol. The van der Waals surface area contributed by atoms with Crippen molar-refractivity contribution in [1.82, 2.24) is 0 Å². The number of aldehydes is 1. The van der Waals surface area contributed by atoms with Gasteiger partial charge in [0.25, 0.3) is 0 Å². The Balaban J connectivity index is 2.33. The van der Waals surface area contributed by atoms with Crippen molar-refractivity contribution >= 4 is 22.2 Å². The molecule has 4 heteroatoms. The minimum Gasteiger partial charge on any atom is -0.303 e. The number of benzene rings is 1. The lowest BCUT2D eigenvalue weighted by Gasteiger charge is -2.16. The Labute approximate surface area is 94.6 Å². The van der Waals surface area contributed by atoms with Crippen LogP contribution in [0.25, 0.3) is 0 Å². The predicted octanol–water partition coefficient (Wildman–Crippen LogP) is 3.19. The van der Waals surface area contributed by atoms with Crippen LogP contribution in [0.2, 0.25) is 0 Å². The quantitative estimate of drug-likeness (QED) is 0.611. The lowest BCUT2D eigenvalue weighted by atomic mass is 9.97. The highest BCUT2D eigenvalue weighted by Crippen LogP contribution is 2.59. The van der Waals surface area contributed by atoms with Crippen LogP contribution in [-0.2, 0) is 4.79 Å². The fourth-order valence-electron chi connectivity index (χ4n) is 1.67. The molecule has 0 N–H and O–H groups in total. The van der Waals surface area contributed by atoms with Gasteiger partial charge in [-0.1, -0.05) is 34.1 Å². The molecule has 1 aliphatic carbocycles. The molecule has 0 heterocycles. The molecule has 1 aromatic rings. The standard InChI is InChI=1S/C11H9BrF2O/c12-10(11(6-15)5-9(11)14)7-3-1-2-4-8(7)13/h1-4,6,9-10H,5H2. The maximum atomic E-state index is 13.4. The summed E-state index contributed by atoms with van der Waals surface area (Å²) in [6.07, 6.45) is -0.413. The first-order valence-corrected chi connectivity index (χ1v) is 5.52. The van der Waals surface area contributed by atoms with Crippen LogP contribution in [0.1, 0.15) is 16.8 Å². The molecule has 80 valence electrons. The molecule has 0 bridgehead atoms. The summed E-state index contributed by atoms with van der Waals surface area (Å²) in [5.74, 6) is -0.417. The summed E-state index contributed by atoms with van der Waals surface area (Å²) in [4.78, 5) is 10.2. The van der Waals surface area contributed by atoms with Crippen molar-refractivity contribution in [3.63, 3.8) is 0 Å². The molecule has 0 spiro atoms. The lowest BCUT2D eigenvalue weighted by Crippen LogP contribution is -2.14. The van der Waals surface area contributed by atoms with Gasteiger partial charge in [0, 0.05) is 5.56 Å². The van der Waals surface area contributed by atoms with Crippen LogP contribution in [0.3, 0.4) is 0 Å². The molecule has 1 aliphatic rings. The van der Waals surface area contributed by atoms with Gasteiger partial charge in [-0.2, -0.15) is 0 Å². The van der Waals surface area contributed by atoms with E-state index in [1.165, 1.54) is 6.07 Å². The number of carbonyl (C=O) groups is 1. The molecular formula is C11H9BrF2O. The maximum Gasteiger partial charge on any atom is 0.130 e. The molecule has 0 radical (unpaired) electrons. The van der Waals surface area contributed by atoms with Gasteiger partial charge in [-0.3, -0.25) is 0 Å². The molecule has 3 unspecified atom stereocenters. The molecule has 2 rings (SSSR count). The van der Waals surface area contributed by atoms with E-state index in [-0.39, 0.29) is 6.42 Å². The van der Waals surface area contributed by atoms with Gasteiger partial charge in [0.2, 0.25) is 0 Å². The van der Waals surface area contributed by atoms with E-state index in [1.807, 2.05) is 0 Å². The predicted molar refractivity (Wildman–Crippen MR) is 56.1 cm³/mol. The zero-order valence-corrected chi connectivity index (χ0v) is 9.38. The molecule has 1 saturated carbocycles. The number of carbonyl (C=O) groups excluding carboxylic acids is 1. The first-order valence-electron chi connectivity index (χ1n) is 4.60. The lowest BCUT2D eigenvalue weighted by molar-refractivity contribution is -0.112. The van der Waals surface area contributed by atoms with E-state index in [0.717, 1.165) is 0 Å². The minimum absolute atomic E-state index is 0.167. The summed E-state index contributed by atoms with van der Waals surface area (Å²) in [5.41, 5.74) is -0.730. The maximum absolute atomic E-state index is 13.4. The van der Waals surface area contributed by atoms with E-state index in [4.69, 9.17) is 0 Å². The molecule has 0 aliphatic heterocycles. The molecule has 1 nitrogen and oxygen atoms in total. The third-order valence-corrected chi connectivity index (χ3v) is 4.17. The fraction of sp³-hybridized carbons (Fsp3) is 0.364. The van der Waals surface area contributed by atoms with Crippen LogP contribution >= 0.6 is 15.9 Å². The van der Waals surface area contributed by atoms with Crippen LogP contribution < -0.4 is 0 Å². The van der Waals surface area contributed by atoms with Crippen molar-refractivity contribution in [2.75, 3.05) is 0 Å². The normalized spacial score (nSPS) is 31.0. The third-order valence-electron chi connectivity index (χ3n) is 2.83. The van der Waals surface area contributed by atoms with Crippen LogP contribution in [-0.4, -0.2) is 12.5 Å². The zero-order chi connectivity index (χ0) is 11.1. The van der Waals surface area contributed by atoms with E-state index in [1.54, 1.807) is 18.2 Å². The van der Waals surface area contributed by atoms with Gasteiger partial charge in [0.05, 0.1) is 10.2 Å². The SMILES string of the molecule is O=CC1(C(Br)c2ccccc2F)CC1F. The van der Waals surface area contributed by atoms with E-state index < -0.39 is 22.2 Å². The van der Waals surface area contributed by atoms with Gasteiger partial charge in [-0.05, 0) is 12.5 Å². The van der Waals surface area contributed by atoms with Gasteiger partial charge in [-0.25, -0.2) is 8.78 Å². The van der Waals surface area contributed by atoms with Crippen molar-refractivity contribution in [1.29, 1.82) is 0 Å². The first-order chi connectivity index (χ1) is 7.12. The van der Waals surface area contributed by atoms with Crippen LogP contribution in [0.4, 0.5) is 8.78 Å². The van der Waals surface area contributed by atoms with Crippen molar-refractivity contribution in [3.8, 4) is 0 Å². The van der Waals surface area contributed by atoms with Crippen LogP contribution in [0.5, 0.6) is 0 Å². The van der Waals surface area contributed by atoms with Gasteiger partial charge in [0.1, 0.15) is 18.3 Å². The summed E-state index contributed by atoms with van der Waals surface area (Å²) >= 11 is 3.21. The largest absolute Gasteiger partial charge is 0.303 e. The molecule has 0 saturated heterocycles. The number of alkyl halides is 2. The highest BCUT2D eigenvalue weighted by Gasteiger charge is 2.60. The zero-order valence-electron chi connectivity index (χ0n) is 7.79. The Bertz CT molecular complexity index is 396. The smallest absolute Gasteiger partial charge is 0.130 e. The molecule has 0 amide bonds. The Hall–Kier alpha value is -0.770. The van der Waals surface area contributed by atoms with E-state index in [9.17, 15) is 13.6 Å². The van der Waals surface area contributed by atoms with Crippen LogP contribution in [0.15, 0.2) is 24.3 Å². The monoisotopic (exact) mass is 274 g/mol. The summed E-state index contributed by atoms with van der Waals surface area (Å²) in [6, 6.07) is 6.09. The molecule has 3 atom stereocenters. The number of halogens is 3. The van der Waals surface area contributed by atoms with E-state index in [2.05, 4.69) is 15.9 Å². The second kappa shape index (κ2) is 3.67. The Morgan fingerprint density at radius 3 is 2.60 bits per heavy atom. The summed E-state index contributed by atoms with van der Waals surface area (Å²) in [7, 11) is 0. The third kappa shape index (κ3) is 1.61. The summed E-state index contributed by atoms with van der Waals surface area (Å²) in [6.45, 7) is 0. The highest BCUT2D eigenvalue weighted by molar-refractivity contribution is 9.09. The number of hydrogen-bond donors (Lipinski definition) is 0. The Morgan fingerprint density at radius 1 is 1.53 bits per heavy atom. The molecule has 1 fully saturated rings.